The van der Waals surface area contributed by atoms with Crippen molar-refractivity contribution in [1.82, 2.24) is 0 Å². The minimum Gasteiger partial charge on any atom is -0.394 e. The molecule has 0 aromatic rings. The molecule has 7 fully saturated rings. The molecule has 7 rings (SSSR count). The predicted octanol–water partition coefficient (Wildman–Crippen LogP) is -1.06. The van der Waals surface area contributed by atoms with E-state index in [1.54, 1.807) is 0 Å². The summed E-state index contributed by atoms with van der Waals surface area (Å²) in [6.45, 7) is 14.6. The minimum absolute atomic E-state index is 0.0415. The van der Waals surface area contributed by atoms with Gasteiger partial charge in [-0.25, -0.2) is 0 Å². The van der Waals surface area contributed by atoms with Gasteiger partial charge in [0.05, 0.1) is 43.7 Å². The van der Waals surface area contributed by atoms with Crippen molar-refractivity contribution >= 4 is 0 Å². The molecule has 0 bridgehead atoms. The molecule has 4 saturated carbocycles. The van der Waals surface area contributed by atoms with Crippen LogP contribution in [0.25, 0.3) is 0 Å². The maximum absolute atomic E-state index is 12.8. The molecule has 0 unspecified atom stereocenters. The van der Waals surface area contributed by atoms with Crippen LogP contribution in [0, 0.1) is 45.3 Å². The highest BCUT2D eigenvalue weighted by atomic mass is 16.8. The van der Waals surface area contributed by atoms with Gasteiger partial charge in [0.15, 0.2) is 18.9 Å². The first kappa shape index (κ1) is 53.8. The van der Waals surface area contributed by atoms with Crippen LogP contribution in [-0.4, -0.2) is 202 Å². The molecule has 388 valence electrons. The third-order valence-electron chi connectivity index (χ3n) is 18.8. The van der Waals surface area contributed by atoms with Crippen LogP contribution in [-0.2, 0) is 28.4 Å². The van der Waals surface area contributed by atoms with E-state index in [9.17, 15) is 66.4 Å². The zero-order chi connectivity index (χ0) is 49.5. The highest BCUT2D eigenvalue weighted by molar-refractivity contribution is 5.21. The molecule has 0 spiro atoms. The van der Waals surface area contributed by atoms with Crippen LogP contribution in [0.3, 0.4) is 0 Å². The summed E-state index contributed by atoms with van der Waals surface area (Å²) in [6, 6.07) is 0. The third kappa shape index (κ3) is 8.92. The van der Waals surface area contributed by atoms with Crippen LogP contribution in [0.4, 0.5) is 0 Å². The summed E-state index contributed by atoms with van der Waals surface area (Å²) in [4.78, 5) is 0. The Morgan fingerprint density at radius 2 is 1.18 bits per heavy atom. The molecule has 19 heteroatoms. The number of fused-ring (bicyclic) bond motifs is 5. The SMILES string of the molecule is CC(C)=CCC[C@](C)(O[C@@H]1O[C@H](CO)[C@@H](O)[C@H](O)[C@H]1O)[C@H]1CC[C@@]2(C)[C@@H]3CC[C@H]4C(C)(C)[C@@H](O[C@@H]5O[C@H](CO)[C@@H](O)[C@H](O)[C@H]5O[C@@H]5O[C@H](CO)[C@@H](O)[C@H](O)[C@H]5O)[C@H](O)C[C@]4(C)[C@H]3C[C@@H](O)[C@]12C. The molecule has 19 nitrogen and oxygen atoms in total. The second-order valence-corrected chi connectivity index (χ2v) is 23.0. The van der Waals surface area contributed by atoms with E-state index < -0.39 is 158 Å². The highest BCUT2D eigenvalue weighted by Gasteiger charge is 2.73. The number of hydrogen-bond donors (Lipinski definition) is 13. The van der Waals surface area contributed by atoms with E-state index >= 15 is 0 Å². The number of ether oxygens (including phenoxy) is 6. The second kappa shape index (κ2) is 19.8. The Kier molecular flexibility index (Phi) is 15.9. The van der Waals surface area contributed by atoms with Gasteiger partial charge in [-0.15, -0.1) is 0 Å². The zero-order valence-electron chi connectivity index (χ0n) is 40.3. The fraction of sp³-hybridized carbons (Fsp3) is 0.958. The molecule has 0 radical (unpaired) electrons. The quantitative estimate of drug-likeness (QED) is 0.0773. The predicted molar refractivity (Wildman–Crippen MR) is 235 cm³/mol. The summed E-state index contributed by atoms with van der Waals surface area (Å²) in [5.74, 6) is -0.253. The summed E-state index contributed by atoms with van der Waals surface area (Å²) < 4.78 is 36.9. The van der Waals surface area contributed by atoms with Crippen LogP contribution >= 0.6 is 0 Å². The molecule has 13 N–H and O–H groups in total. The van der Waals surface area contributed by atoms with E-state index in [1.807, 2.05) is 34.6 Å². The van der Waals surface area contributed by atoms with Crippen LogP contribution < -0.4 is 0 Å². The van der Waals surface area contributed by atoms with Gasteiger partial charge in [-0.3, -0.25) is 0 Å². The van der Waals surface area contributed by atoms with Crippen LogP contribution in [0.2, 0.25) is 0 Å². The first-order chi connectivity index (χ1) is 31.3. The first-order valence-corrected chi connectivity index (χ1v) is 24.5. The molecule has 7 aliphatic rings. The average Bonchev–Trinajstić information content (AvgIpc) is 3.57. The van der Waals surface area contributed by atoms with Crippen LogP contribution in [0.1, 0.15) is 107 Å². The maximum Gasteiger partial charge on any atom is 0.187 e. The lowest BCUT2D eigenvalue weighted by atomic mass is 9.37. The van der Waals surface area contributed by atoms with E-state index in [0.29, 0.717) is 25.7 Å². The monoisotopic (exact) mass is 963 g/mol. The summed E-state index contributed by atoms with van der Waals surface area (Å²) in [5.41, 5.74) is -2.32. The van der Waals surface area contributed by atoms with E-state index in [4.69, 9.17) is 28.4 Å². The van der Waals surface area contributed by atoms with Crippen molar-refractivity contribution in [2.24, 2.45) is 45.3 Å². The average molecular weight is 963 g/mol. The van der Waals surface area contributed by atoms with Crippen molar-refractivity contribution in [3.8, 4) is 0 Å². The van der Waals surface area contributed by atoms with Gasteiger partial charge >= 0.3 is 0 Å². The van der Waals surface area contributed by atoms with Gasteiger partial charge in [0.1, 0.15) is 73.2 Å². The summed E-state index contributed by atoms with van der Waals surface area (Å²) in [6.07, 6.45) is -19.6. The second-order valence-electron chi connectivity index (χ2n) is 23.0. The number of hydrogen-bond acceptors (Lipinski definition) is 19. The number of aliphatic hydroxyl groups excluding tert-OH is 13. The van der Waals surface area contributed by atoms with E-state index in [0.717, 1.165) is 24.8 Å². The standard InChI is InChI=1S/C48H82O19/c1-21(2)10-9-14-47(7,67-42-38(61)35(58)32(55)26(19-50)63-42)29-13-15-46(6)22-11-12-28-44(3,4)40(24(52)17-45(28,5)23(22)16-30(53)48(29,46)8)66-43-39(36(59)33(56)27(20-51)64-43)65-41-37(60)34(57)31(54)25(18-49)62-41/h10,22-43,49-61H,9,11-20H2,1-8H3/t22-,23+,24-,25-,26-,27-,28+,29-,30-,31-,32-,33-,34+,35+,36+,37-,38-,39-,40+,41+,42+,43+,45-,46+,47+,48+/m1/s1. The van der Waals surface area contributed by atoms with Gasteiger partial charge in [0.2, 0.25) is 0 Å². The third-order valence-corrected chi connectivity index (χ3v) is 18.8. The molecule has 26 atom stereocenters. The molecule has 3 heterocycles. The lowest BCUT2D eigenvalue weighted by Crippen LogP contribution is -2.69. The lowest BCUT2D eigenvalue weighted by molar-refractivity contribution is -0.383. The molecular weight excluding hydrogens is 881 g/mol. The van der Waals surface area contributed by atoms with Crippen molar-refractivity contribution in [1.29, 1.82) is 0 Å². The van der Waals surface area contributed by atoms with Crippen molar-refractivity contribution < 1.29 is 94.8 Å². The van der Waals surface area contributed by atoms with E-state index in [1.165, 1.54) is 0 Å². The molecule has 67 heavy (non-hydrogen) atoms. The number of allylic oxidation sites excluding steroid dienone is 2. The van der Waals surface area contributed by atoms with Gasteiger partial charge in [-0.2, -0.15) is 0 Å². The largest absolute Gasteiger partial charge is 0.394 e. The zero-order valence-corrected chi connectivity index (χ0v) is 40.3. The van der Waals surface area contributed by atoms with Crippen LogP contribution in [0.15, 0.2) is 11.6 Å². The highest BCUT2D eigenvalue weighted by Crippen LogP contribution is 2.75. The topological polar surface area (TPSA) is 318 Å². The summed E-state index contributed by atoms with van der Waals surface area (Å²) >= 11 is 0. The molecule has 0 amide bonds. The maximum atomic E-state index is 12.8. The van der Waals surface area contributed by atoms with Crippen molar-refractivity contribution in [3.05, 3.63) is 11.6 Å². The van der Waals surface area contributed by atoms with Crippen LogP contribution in [0.5, 0.6) is 0 Å². The van der Waals surface area contributed by atoms with Crippen molar-refractivity contribution in [3.63, 3.8) is 0 Å². The Hall–Kier alpha value is -1.02. The number of aliphatic hydroxyl groups is 13. The van der Waals surface area contributed by atoms with E-state index in [2.05, 4.69) is 26.8 Å². The summed E-state index contributed by atoms with van der Waals surface area (Å²) in [7, 11) is 0. The van der Waals surface area contributed by atoms with Gasteiger partial charge in [0.25, 0.3) is 0 Å². The Morgan fingerprint density at radius 3 is 1.75 bits per heavy atom. The fourth-order valence-corrected chi connectivity index (χ4v) is 15.0. The van der Waals surface area contributed by atoms with Gasteiger partial charge in [-0.1, -0.05) is 46.3 Å². The van der Waals surface area contributed by atoms with Crippen molar-refractivity contribution in [2.75, 3.05) is 19.8 Å². The Balaban J connectivity index is 1.15. The molecule has 0 aromatic heterocycles. The normalized spacial score (nSPS) is 52.9. The first-order valence-electron chi connectivity index (χ1n) is 24.5. The number of rotatable bonds is 13. The Bertz CT molecular complexity index is 1710. The van der Waals surface area contributed by atoms with Gasteiger partial charge < -0.3 is 94.8 Å². The molecule has 4 aliphatic carbocycles. The Labute approximate surface area is 393 Å². The minimum atomic E-state index is -1.85. The van der Waals surface area contributed by atoms with Crippen molar-refractivity contribution in [2.45, 2.75) is 223 Å². The van der Waals surface area contributed by atoms with Gasteiger partial charge in [-0.05, 0) is 112 Å². The fourth-order valence-electron chi connectivity index (χ4n) is 15.0. The Morgan fingerprint density at radius 1 is 0.642 bits per heavy atom. The van der Waals surface area contributed by atoms with Gasteiger partial charge in [0, 0.05) is 5.41 Å². The van der Waals surface area contributed by atoms with E-state index in [-0.39, 0.29) is 30.1 Å². The molecule has 3 aliphatic heterocycles. The molecule has 0 aromatic carbocycles. The smallest absolute Gasteiger partial charge is 0.187 e. The molecular formula is C48H82O19. The summed E-state index contributed by atoms with van der Waals surface area (Å²) in [5, 5.41) is 141. The lowest BCUT2D eigenvalue weighted by Gasteiger charge is -2.69. The molecule has 3 saturated heterocycles.